The summed E-state index contributed by atoms with van der Waals surface area (Å²) in [7, 11) is 0. The van der Waals surface area contributed by atoms with Gasteiger partial charge in [0, 0.05) is 0 Å². The first-order valence-electron chi connectivity index (χ1n) is 7.78. The van der Waals surface area contributed by atoms with Gasteiger partial charge in [-0.2, -0.15) is 0 Å². The predicted molar refractivity (Wildman–Crippen MR) is 79.0 cm³/mol. The molecule has 3 nitrogen and oxygen atoms in total. The zero-order chi connectivity index (χ0) is 14.6. The Hall–Kier alpha value is -1.90. The predicted octanol–water partition coefficient (Wildman–Crippen LogP) is 2.94. The summed E-state index contributed by atoms with van der Waals surface area (Å²) in [4.78, 5) is 27.2. The summed E-state index contributed by atoms with van der Waals surface area (Å²) in [5, 5.41) is 0. The van der Waals surface area contributed by atoms with Crippen LogP contribution >= 0.6 is 0 Å². The Bertz CT molecular complexity index is 589. The van der Waals surface area contributed by atoms with Crippen LogP contribution in [0, 0.1) is 23.7 Å². The summed E-state index contributed by atoms with van der Waals surface area (Å²) >= 11 is 0. The average molecular weight is 281 g/mol. The number of hydrogen-bond acceptors (Lipinski definition) is 2. The third kappa shape index (κ3) is 1.73. The second-order valence-electron chi connectivity index (χ2n) is 6.47. The fourth-order valence-corrected chi connectivity index (χ4v) is 4.36. The van der Waals surface area contributed by atoms with E-state index in [2.05, 4.69) is 12.2 Å². The van der Waals surface area contributed by atoms with E-state index >= 15 is 0 Å². The molecule has 4 aliphatic rings. The van der Waals surface area contributed by atoms with Crippen LogP contribution in [0.3, 0.4) is 0 Å². The maximum absolute atomic E-state index is 12.8. The summed E-state index contributed by atoms with van der Waals surface area (Å²) in [6.07, 6.45) is 6.43. The van der Waals surface area contributed by atoms with Gasteiger partial charge in [0.1, 0.15) is 0 Å². The number of nitrogens with zero attached hydrogens (tertiary/aromatic N) is 1. The summed E-state index contributed by atoms with van der Waals surface area (Å²) in [6, 6.07) is 9.66. The van der Waals surface area contributed by atoms with Crippen molar-refractivity contribution in [3.63, 3.8) is 0 Å². The molecule has 2 unspecified atom stereocenters. The molecule has 1 saturated carbocycles. The molecule has 0 spiro atoms. The van der Waals surface area contributed by atoms with Crippen molar-refractivity contribution in [3.8, 4) is 0 Å². The van der Waals surface area contributed by atoms with Gasteiger partial charge in [0.25, 0.3) is 0 Å². The SMILES string of the molecule is C[C@@H](c1ccccc1)N1C(=O)[C@@H]2C3C=CC(CC3)[C@@H]2C1=O. The standard InChI is InChI=1S/C18H19NO2/c1-11(12-5-3-2-4-6-12)19-17(20)15-13-7-8-14(10-9-13)16(15)18(19)21/h2-8,11,13-16H,9-10H2,1H3/t11-,13?,14?,15-,16+/m0/s1. The van der Waals surface area contributed by atoms with Crippen LogP contribution < -0.4 is 0 Å². The number of fused-ring (bicyclic) bond motifs is 1. The number of carbonyl (C=O) groups is 2. The molecule has 108 valence electrons. The lowest BCUT2D eigenvalue weighted by Gasteiger charge is -2.38. The lowest BCUT2D eigenvalue weighted by molar-refractivity contribution is -0.142. The minimum absolute atomic E-state index is 0.0420. The second kappa shape index (κ2) is 4.55. The van der Waals surface area contributed by atoms with Gasteiger partial charge in [-0.3, -0.25) is 14.5 Å². The number of likely N-dealkylation sites (tertiary alicyclic amines) is 1. The highest BCUT2D eigenvalue weighted by Gasteiger charge is 2.57. The van der Waals surface area contributed by atoms with E-state index in [4.69, 9.17) is 0 Å². The zero-order valence-electron chi connectivity index (χ0n) is 12.1. The topological polar surface area (TPSA) is 37.4 Å². The molecule has 2 bridgehead atoms. The third-order valence-corrected chi connectivity index (χ3v) is 5.46. The highest BCUT2D eigenvalue weighted by Crippen LogP contribution is 2.50. The third-order valence-electron chi connectivity index (χ3n) is 5.46. The summed E-state index contributed by atoms with van der Waals surface area (Å²) in [5.74, 6) is 0.412. The van der Waals surface area contributed by atoms with Gasteiger partial charge in [0.2, 0.25) is 11.8 Å². The van der Waals surface area contributed by atoms with Crippen LogP contribution in [-0.4, -0.2) is 16.7 Å². The molecule has 21 heavy (non-hydrogen) atoms. The molecule has 0 aromatic heterocycles. The zero-order valence-corrected chi connectivity index (χ0v) is 12.1. The van der Waals surface area contributed by atoms with Gasteiger partial charge in [0.05, 0.1) is 17.9 Å². The molecule has 5 rings (SSSR count). The van der Waals surface area contributed by atoms with E-state index in [1.54, 1.807) is 0 Å². The molecule has 5 atom stereocenters. The van der Waals surface area contributed by atoms with E-state index in [-0.39, 0.29) is 41.5 Å². The molecular formula is C18H19NO2. The molecule has 2 fully saturated rings. The van der Waals surface area contributed by atoms with Crippen molar-refractivity contribution >= 4 is 11.8 Å². The van der Waals surface area contributed by atoms with Crippen LogP contribution in [0.1, 0.15) is 31.4 Å². The van der Waals surface area contributed by atoms with Gasteiger partial charge in [-0.05, 0) is 37.2 Å². The largest absolute Gasteiger partial charge is 0.275 e. The van der Waals surface area contributed by atoms with Gasteiger partial charge in [-0.15, -0.1) is 0 Å². The van der Waals surface area contributed by atoms with Crippen LogP contribution in [0.4, 0.5) is 0 Å². The van der Waals surface area contributed by atoms with Crippen molar-refractivity contribution in [2.24, 2.45) is 23.7 Å². The molecule has 1 heterocycles. The van der Waals surface area contributed by atoms with Crippen molar-refractivity contribution < 1.29 is 9.59 Å². The van der Waals surface area contributed by atoms with Crippen LogP contribution in [0.25, 0.3) is 0 Å². The maximum atomic E-state index is 12.8. The van der Waals surface area contributed by atoms with E-state index in [0.717, 1.165) is 18.4 Å². The van der Waals surface area contributed by atoms with Crippen LogP contribution in [0.5, 0.6) is 0 Å². The lowest BCUT2D eigenvalue weighted by atomic mass is 9.63. The molecule has 3 aliphatic carbocycles. The molecule has 1 aliphatic heterocycles. The van der Waals surface area contributed by atoms with Crippen molar-refractivity contribution in [2.45, 2.75) is 25.8 Å². The van der Waals surface area contributed by atoms with Crippen molar-refractivity contribution in [3.05, 3.63) is 48.0 Å². The molecule has 1 saturated heterocycles. The van der Waals surface area contributed by atoms with Gasteiger partial charge < -0.3 is 0 Å². The van der Waals surface area contributed by atoms with E-state index in [9.17, 15) is 9.59 Å². The highest BCUT2D eigenvalue weighted by molar-refractivity contribution is 6.06. The monoisotopic (exact) mass is 281 g/mol. The number of carbonyl (C=O) groups excluding carboxylic acids is 2. The fourth-order valence-electron chi connectivity index (χ4n) is 4.36. The smallest absolute Gasteiger partial charge is 0.234 e. The van der Waals surface area contributed by atoms with Crippen molar-refractivity contribution in [1.82, 2.24) is 4.90 Å². The Balaban J connectivity index is 1.69. The number of benzene rings is 1. The minimum Gasteiger partial charge on any atom is -0.275 e. The van der Waals surface area contributed by atoms with Gasteiger partial charge in [-0.1, -0.05) is 42.5 Å². The van der Waals surface area contributed by atoms with E-state index in [1.807, 2.05) is 37.3 Å². The maximum Gasteiger partial charge on any atom is 0.234 e. The molecule has 1 aromatic carbocycles. The number of amides is 2. The quantitative estimate of drug-likeness (QED) is 0.617. The molecular weight excluding hydrogens is 262 g/mol. The molecule has 3 heteroatoms. The summed E-state index contributed by atoms with van der Waals surface area (Å²) in [5.41, 5.74) is 1.03. The van der Waals surface area contributed by atoms with Crippen molar-refractivity contribution in [1.29, 1.82) is 0 Å². The molecule has 1 aromatic rings. The summed E-state index contributed by atoms with van der Waals surface area (Å²) in [6.45, 7) is 1.96. The first kappa shape index (κ1) is 12.8. The van der Waals surface area contributed by atoms with Gasteiger partial charge in [0.15, 0.2) is 0 Å². The lowest BCUT2D eigenvalue weighted by Crippen LogP contribution is -2.38. The Kier molecular flexibility index (Phi) is 2.78. The second-order valence-corrected chi connectivity index (χ2v) is 6.47. The number of hydrogen-bond donors (Lipinski definition) is 0. The Morgan fingerprint density at radius 1 is 0.952 bits per heavy atom. The summed E-state index contributed by atoms with van der Waals surface area (Å²) < 4.78 is 0. The first-order chi connectivity index (χ1) is 10.2. The van der Waals surface area contributed by atoms with E-state index < -0.39 is 0 Å². The molecule has 0 N–H and O–H groups in total. The number of allylic oxidation sites excluding steroid dienone is 2. The van der Waals surface area contributed by atoms with Gasteiger partial charge in [-0.25, -0.2) is 0 Å². The average Bonchev–Trinajstić information content (AvgIpc) is 2.82. The fraction of sp³-hybridized carbons (Fsp3) is 0.444. The Labute approximate surface area is 124 Å². The van der Waals surface area contributed by atoms with Gasteiger partial charge >= 0.3 is 0 Å². The number of rotatable bonds is 2. The minimum atomic E-state index is -0.170. The Morgan fingerprint density at radius 2 is 1.48 bits per heavy atom. The van der Waals surface area contributed by atoms with Crippen molar-refractivity contribution in [2.75, 3.05) is 0 Å². The Morgan fingerprint density at radius 3 is 1.95 bits per heavy atom. The van der Waals surface area contributed by atoms with Crippen LogP contribution in [0.15, 0.2) is 42.5 Å². The molecule has 0 radical (unpaired) electrons. The van der Waals surface area contributed by atoms with E-state index in [0.29, 0.717) is 0 Å². The van der Waals surface area contributed by atoms with E-state index in [1.165, 1.54) is 4.90 Å². The molecule has 2 amide bonds. The normalized spacial score (nSPS) is 35.2. The first-order valence-corrected chi connectivity index (χ1v) is 7.78. The van der Waals surface area contributed by atoms with Crippen LogP contribution in [0.2, 0.25) is 0 Å². The highest BCUT2D eigenvalue weighted by atomic mass is 16.2. The number of imide groups is 1. The van der Waals surface area contributed by atoms with Crippen LogP contribution in [-0.2, 0) is 9.59 Å².